The van der Waals surface area contributed by atoms with Crippen LogP contribution in [0.3, 0.4) is 0 Å². The van der Waals surface area contributed by atoms with E-state index in [4.69, 9.17) is 0 Å². The van der Waals surface area contributed by atoms with Gasteiger partial charge in [0, 0.05) is 18.0 Å². The predicted octanol–water partition coefficient (Wildman–Crippen LogP) is 3.35. The standard InChI is InChI=1S/C17H25N3O2S2/c1-7-20-16(22)13-10(4)11(5)23-15(13)19-17(20)24-12(6)14(21)18-8-9(2)3/h9,12H,7-8H2,1-6H3,(H,18,21)/t12-/m1/s1. The average molecular weight is 368 g/mol. The second-order valence-electron chi connectivity index (χ2n) is 6.31. The van der Waals surface area contributed by atoms with E-state index in [1.165, 1.54) is 23.1 Å². The Morgan fingerprint density at radius 2 is 2.00 bits per heavy atom. The van der Waals surface area contributed by atoms with Crippen molar-refractivity contribution >= 4 is 39.2 Å². The summed E-state index contributed by atoms with van der Waals surface area (Å²) < 4.78 is 1.67. The lowest BCUT2D eigenvalue weighted by molar-refractivity contribution is -0.120. The first kappa shape index (κ1) is 19.0. The maximum atomic E-state index is 12.8. The molecule has 2 heterocycles. The smallest absolute Gasteiger partial charge is 0.263 e. The molecule has 0 aromatic carbocycles. The number of hydrogen-bond acceptors (Lipinski definition) is 5. The molecule has 0 saturated carbocycles. The molecule has 0 unspecified atom stereocenters. The van der Waals surface area contributed by atoms with E-state index in [1.807, 2.05) is 27.7 Å². The molecule has 0 aliphatic rings. The van der Waals surface area contributed by atoms with E-state index < -0.39 is 0 Å². The number of aromatic nitrogens is 2. The molecule has 7 heteroatoms. The third-order valence-corrected chi connectivity index (χ3v) is 6.10. The summed E-state index contributed by atoms with van der Waals surface area (Å²) in [5.41, 5.74) is 0.996. The fourth-order valence-electron chi connectivity index (χ4n) is 2.34. The van der Waals surface area contributed by atoms with Crippen molar-refractivity contribution < 1.29 is 4.79 Å². The molecule has 5 nitrogen and oxygen atoms in total. The van der Waals surface area contributed by atoms with Gasteiger partial charge in [-0.25, -0.2) is 4.98 Å². The zero-order valence-electron chi connectivity index (χ0n) is 15.1. The quantitative estimate of drug-likeness (QED) is 0.628. The summed E-state index contributed by atoms with van der Waals surface area (Å²) in [7, 11) is 0. The van der Waals surface area contributed by atoms with Crippen molar-refractivity contribution in [3.05, 3.63) is 20.8 Å². The molecule has 2 aromatic heterocycles. The van der Waals surface area contributed by atoms with Gasteiger partial charge in [-0.1, -0.05) is 25.6 Å². The van der Waals surface area contributed by atoms with Gasteiger partial charge in [-0.05, 0) is 39.2 Å². The summed E-state index contributed by atoms with van der Waals surface area (Å²) in [5, 5.41) is 3.96. The van der Waals surface area contributed by atoms with Gasteiger partial charge in [0.25, 0.3) is 5.56 Å². The summed E-state index contributed by atoms with van der Waals surface area (Å²) in [4.78, 5) is 31.6. The molecule has 0 saturated heterocycles. The molecule has 1 atom stereocenters. The molecule has 1 amide bonds. The van der Waals surface area contributed by atoms with Crippen LogP contribution >= 0.6 is 23.1 Å². The zero-order valence-corrected chi connectivity index (χ0v) is 16.7. The lowest BCUT2D eigenvalue weighted by Gasteiger charge is -2.15. The second kappa shape index (κ2) is 7.70. The Balaban J connectivity index is 2.35. The molecule has 24 heavy (non-hydrogen) atoms. The van der Waals surface area contributed by atoms with Crippen molar-refractivity contribution in [1.82, 2.24) is 14.9 Å². The number of aryl methyl sites for hydroxylation is 2. The van der Waals surface area contributed by atoms with Gasteiger partial charge in [0.15, 0.2) is 5.16 Å². The Morgan fingerprint density at radius 1 is 1.33 bits per heavy atom. The van der Waals surface area contributed by atoms with Crippen molar-refractivity contribution in [3.8, 4) is 0 Å². The maximum absolute atomic E-state index is 12.8. The second-order valence-corrected chi connectivity index (χ2v) is 8.82. The highest BCUT2D eigenvalue weighted by molar-refractivity contribution is 8.00. The van der Waals surface area contributed by atoms with Crippen LogP contribution in [0.2, 0.25) is 0 Å². The predicted molar refractivity (Wildman–Crippen MR) is 102 cm³/mol. The molecule has 0 fully saturated rings. The van der Waals surface area contributed by atoms with Crippen LogP contribution in [-0.4, -0.2) is 27.3 Å². The van der Waals surface area contributed by atoms with E-state index in [2.05, 4.69) is 24.1 Å². The van der Waals surface area contributed by atoms with Gasteiger partial charge in [-0.3, -0.25) is 14.2 Å². The van der Waals surface area contributed by atoms with Crippen LogP contribution < -0.4 is 10.9 Å². The van der Waals surface area contributed by atoms with Crippen molar-refractivity contribution in [2.24, 2.45) is 5.92 Å². The third kappa shape index (κ3) is 3.83. The van der Waals surface area contributed by atoms with E-state index in [0.717, 1.165) is 15.3 Å². The summed E-state index contributed by atoms with van der Waals surface area (Å²) >= 11 is 2.88. The van der Waals surface area contributed by atoms with Crippen molar-refractivity contribution in [1.29, 1.82) is 0 Å². The number of thiophene rings is 1. The number of nitrogens with zero attached hydrogens (tertiary/aromatic N) is 2. The first-order valence-electron chi connectivity index (χ1n) is 8.21. The number of amides is 1. The molecule has 2 rings (SSSR count). The van der Waals surface area contributed by atoms with Gasteiger partial charge in [-0.2, -0.15) is 0 Å². The van der Waals surface area contributed by atoms with Gasteiger partial charge in [-0.15, -0.1) is 11.3 Å². The maximum Gasteiger partial charge on any atom is 0.263 e. The van der Waals surface area contributed by atoms with Crippen LogP contribution in [0.1, 0.15) is 38.1 Å². The Labute approximate surface area is 150 Å². The highest BCUT2D eigenvalue weighted by Crippen LogP contribution is 2.29. The van der Waals surface area contributed by atoms with Crippen molar-refractivity contribution in [2.75, 3.05) is 6.54 Å². The number of nitrogens with one attached hydrogen (secondary N) is 1. The van der Waals surface area contributed by atoms with E-state index in [-0.39, 0.29) is 16.7 Å². The number of fused-ring (bicyclic) bond motifs is 1. The van der Waals surface area contributed by atoms with Crippen molar-refractivity contribution in [2.45, 2.75) is 58.5 Å². The number of carbonyl (C=O) groups is 1. The first-order chi connectivity index (χ1) is 11.3. The van der Waals surface area contributed by atoms with E-state index in [1.54, 1.807) is 4.57 Å². The summed E-state index contributed by atoms with van der Waals surface area (Å²) in [6.07, 6.45) is 0. The topological polar surface area (TPSA) is 64.0 Å². The van der Waals surface area contributed by atoms with E-state index in [0.29, 0.717) is 29.6 Å². The lowest BCUT2D eigenvalue weighted by atomic mass is 10.2. The summed E-state index contributed by atoms with van der Waals surface area (Å²) in [6.45, 7) is 13.1. The van der Waals surface area contributed by atoms with Crippen molar-refractivity contribution in [3.63, 3.8) is 0 Å². The van der Waals surface area contributed by atoms with Crippen LogP contribution in [0.25, 0.3) is 10.2 Å². The molecule has 0 bridgehead atoms. The molecule has 2 aromatic rings. The summed E-state index contributed by atoms with van der Waals surface area (Å²) in [5.74, 6) is 0.385. The Hall–Kier alpha value is -1.34. The molecule has 132 valence electrons. The number of rotatable bonds is 6. The van der Waals surface area contributed by atoms with Gasteiger partial charge < -0.3 is 5.32 Å². The van der Waals surface area contributed by atoms with Crippen LogP contribution in [0.4, 0.5) is 0 Å². The van der Waals surface area contributed by atoms with Crippen LogP contribution in [0, 0.1) is 19.8 Å². The lowest BCUT2D eigenvalue weighted by Crippen LogP contribution is -2.34. The minimum Gasteiger partial charge on any atom is -0.355 e. The Bertz CT molecular complexity index is 808. The first-order valence-corrected chi connectivity index (χ1v) is 9.90. The number of carbonyl (C=O) groups excluding carboxylic acids is 1. The highest BCUT2D eigenvalue weighted by Gasteiger charge is 2.20. The molecular formula is C17H25N3O2S2. The largest absolute Gasteiger partial charge is 0.355 e. The molecular weight excluding hydrogens is 342 g/mol. The Kier molecular flexibility index (Phi) is 6.09. The van der Waals surface area contributed by atoms with Crippen LogP contribution in [0.5, 0.6) is 0 Å². The average Bonchev–Trinajstić information content (AvgIpc) is 2.79. The monoisotopic (exact) mass is 367 g/mol. The third-order valence-electron chi connectivity index (χ3n) is 3.91. The van der Waals surface area contributed by atoms with Gasteiger partial charge >= 0.3 is 0 Å². The number of hydrogen-bond donors (Lipinski definition) is 1. The fraction of sp³-hybridized carbons (Fsp3) is 0.588. The molecule has 0 spiro atoms. The molecule has 0 aliphatic heterocycles. The minimum absolute atomic E-state index is 0.0124. The normalized spacial score (nSPS) is 12.8. The van der Waals surface area contributed by atoms with Crippen LogP contribution in [-0.2, 0) is 11.3 Å². The van der Waals surface area contributed by atoms with E-state index in [9.17, 15) is 9.59 Å². The fourth-order valence-corrected chi connectivity index (χ4v) is 4.40. The molecule has 1 N–H and O–H groups in total. The molecule has 0 radical (unpaired) electrons. The minimum atomic E-state index is -0.298. The van der Waals surface area contributed by atoms with Gasteiger partial charge in [0.1, 0.15) is 4.83 Å². The van der Waals surface area contributed by atoms with Gasteiger partial charge in [0.05, 0.1) is 10.6 Å². The number of thioether (sulfide) groups is 1. The summed E-state index contributed by atoms with van der Waals surface area (Å²) in [6, 6.07) is 0. The van der Waals surface area contributed by atoms with Crippen LogP contribution in [0.15, 0.2) is 9.95 Å². The highest BCUT2D eigenvalue weighted by atomic mass is 32.2. The molecule has 0 aliphatic carbocycles. The van der Waals surface area contributed by atoms with Gasteiger partial charge in [0.2, 0.25) is 5.91 Å². The van der Waals surface area contributed by atoms with E-state index >= 15 is 0 Å². The zero-order chi connectivity index (χ0) is 18.0. The Morgan fingerprint density at radius 3 is 2.58 bits per heavy atom. The SMILES string of the molecule is CCn1c(S[C@H](C)C(=O)NCC(C)C)nc2sc(C)c(C)c2c1=O.